The van der Waals surface area contributed by atoms with Gasteiger partial charge in [-0.15, -0.1) is 5.10 Å². The summed E-state index contributed by atoms with van der Waals surface area (Å²) in [4.78, 5) is 29.4. The number of carboxylic acid groups (broad SMARTS) is 1. The van der Waals surface area contributed by atoms with Gasteiger partial charge in [-0.1, -0.05) is 17.8 Å². The van der Waals surface area contributed by atoms with Crippen LogP contribution in [0.2, 0.25) is 0 Å². The van der Waals surface area contributed by atoms with Gasteiger partial charge in [-0.05, 0) is 26.0 Å². The average molecular weight is 430 g/mol. The van der Waals surface area contributed by atoms with Gasteiger partial charge in [-0.3, -0.25) is 9.89 Å². The number of thioether (sulfide) groups is 1. The summed E-state index contributed by atoms with van der Waals surface area (Å²) in [5.41, 5.74) is 2.83. The molecule has 0 fully saturated rings. The largest absolute Gasteiger partial charge is 0.490 e. The number of fused-ring (bicyclic) bond motifs is 1. The van der Waals surface area contributed by atoms with Crippen molar-refractivity contribution in [1.82, 2.24) is 29.9 Å². The van der Waals surface area contributed by atoms with Gasteiger partial charge in [-0.2, -0.15) is 13.2 Å². The molecule has 0 aliphatic carbocycles. The maximum Gasteiger partial charge on any atom is 0.490 e. The zero-order chi connectivity index (χ0) is 21.6. The van der Waals surface area contributed by atoms with Crippen LogP contribution < -0.4 is 5.32 Å². The van der Waals surface area contributed by atoms with Gasteiger partial charge in [0.1, 0.15) is 11.5 Å². The molecule has 0 spiro atoms. The van der Waals surface area contributed by atoms with E-state index in [-0.39, 0.29) is 11.7 Å². The number of aryl methyl sites for hydroxylation is 2. The maximum atomic E-state index is 11.8. The van der Waals surface area contributed by atoms with Crippen LogP contribution in [-0.4, -0.2) is 53.5 Å². The Bertz CT molecular complexity index is 1000. The zero-order valence-electron chi connectivity index (χ0n) is 15.3. The normalized spacial score (nSPS) is 11.1. The number of carboxylic acids is 1. The number of halogens is 3. The number of alkyl halides is 3. The van der Waals surface area contributed by atoms with E-state index in [1.54, 1.807) is 0 Å². The van der Waals surface area contributed by atoms with Crippen LogP contribution in [0.1, 0.15) is 17.2 Å². The SMILES string of the molecule is Cc1nc(SCC(=O)NCc2cn3c(C)cccc3n2)n[nH]1.O=C(O)C(F)(F)F. The van der Waals surface area contributed by atoms with Gasteiger partial charge in [0.25, 0.3) is 0 Å². The molecule has 0 saturated heterocycles. The third kappa shape index (κ3) is 6.78. The fourth-order valence-corrected chi connectivity index (χ4v) is 2.71. The summed E-state index contributed by atoms with van der Waals surface area (Å²) in [6.45, 7) is 4.25. The molecule has 0 bridgehead atoms. The van der Waals surface area contributed by atoms with Crippen LogP contribution in [0.3, 0.4) is 0 Å². The van der Waals surface area contributed by atoms with Crippen LogP contribution in [0.25, 0.3) is 5.65 Å². The Labute approximate surface area is 166 Å². The Hall–Kier alpha value is -3.09. The molecule has 29 heavy (non-hydrogen) atoms. The van der Waals surface area contributed by atoms with E-state index in [4.69, 9.17) is 9.90 Å². The summed E-state index contributed by atoms with van der Waals surface area (Å²) < 4.78 is 33.7. The summed E-state index contributed by atoms with van der Waals surface area (Å²) in [5.74, 6) is -1.80. The molecule has 0 atom stereocenters. The van der Waals surface area contributed by atoms with E-state index >= 15 is 0 Å². The number of nitrogens with zero attached hydrogens (tertiary/aromatic N) is 4. The van der Waals surface area contributed by atoms with Crippen molar-refractivity contribution >= 4 is 29.3 Å². The first-order chi connectivity index (χ1) is 13.6. The lowest BCUT2D eigenvalue weighted by Crippen LogP contribution is -2.24. The van der Waals surface area contributed by atoms with Gasteiger partial charge in [0.05, 0.1) is 18.0 Å². The number of amides is 1. The molecule has 0 aliphatic rings. The van der Waals surface area contributed by atoms with Crippen molar-refractivity contribution in [3.05, 3.63) is 41.6 Å². The van der Waals surface area contributed by atoms with Crippen molar-refractivity contribution < 1.29 is 27.9 Å². The van der Waals surface area contributed by atoms with E-state index in [0.717, 1.165) is 22.9 Å². The lowest BCUT2D eigenvalue weighted by molar-refractivity contribution is -0.192. The Morgan fingerprint density at radius 2 is 1.97 bits per heavy atom. The third-order valence-corrected chi connectivity index (χ3v) is 4.21. The van der Waals surface area contributed by atoms with E-state index in [2.05, 4.69) is 25.5 Å². The molecule has 156 valence electrons. The van der Waals surface area contributed by atoms with E-state index in [1.807, 2.05) is 42.6 Å². The quantitative estimate of drug-likeness (QED) is 0.530. The second-order valence-corrected chi connectivity index (χ2v) is 6.64. The Balaban J connectivity index is 0.000000370. The van der Waals surface area contributed by atoms with E-state index in [9.17, 15) is 18.0 Å². The van der Waals surface area contributed by atoms with Crippen molar-refractivity contribution in [3.8, 4) is 0 Å². The predicted molar refractivity (Wildman–Crippen MR) is 97.3 cm³/mol. The number of aliphatic carboxylic acids is 1. The highest BCUT2D eigenvalue weighted by molar-refractivity contribution is 7.99. The lowest BCUT2D eigenvalue weighted by Gasteiger charge is -2.01. The van der Waals surface area contributed by atoms with Crippen molar-refractivity contribution in [2.45, 2.75) is 31.7 Å². The highest BCUT2D eigenvalue weighted by Crippen LogP contribution is 2.13. The molecule has 0 unspecified atom stereocenters. The second-order valence-electron chi connectivity index (χ2n) is 5.70. The second kappa shape index (κ2) is 9.41. The topological polar surface area (TPSA) is 125 Å². The number of carbonyl (C=O) groups is 2. The minimum Gasteiger partial charge on any atom is -0.475 e. The molecule has 3 aromatic rings. The van der Waals surface area contributed by atoms with Crippen LogP contribution in [0.5, 0.6) is 0 Å². The van der Waals surface area contributed by atoms with Gasteiger partial charge in [0.15, 0.2) is 0 Å². The van der Waals surface area contributed by atoms with E-state index in [1.165, 1.54) is 11.8 Å². The number of rotatable bonds is 5. The average Bonchev–Trinajstić information content (AvgIpc) is 3.24. The number of aromatic nitrogens is 5. The monoisotopic (exact) mass is 430 g/mol. The summed E-state index contributed by atoms with van der Waals surface area (Å²) in [5, 5.41) is 17.3. The standard InChI is InChI=1S/C14H16N6OS.C2HF3O2/c1-9-4-3-5-12-17-11(7-20(9)12)6-15-13(21)8-22-14-16-10(2)18-19-14;3-2(4,5)1(6)7/h3-5,7H,6,8H2,1-2H3,(H,15,21)(H,16,18,19);(H,6,7). The lowest BCUT2D eigenvalue weighted by atomic mass is 10.4. The maximum absolute atomic E-state index is 11.8. The Kier molecular flexibility index (Phi) is 7.20. The molecular formula is C16H17F3N6O3S. The minimum absolute atomic E-state index is 0.0683. The van der Waals surface area contributed by atoms with Crippen molar-refractivity contribution in [2.75, 3.05) is 5.75 Å². The number of pyridine rings is 1. The van der Waals surface area contributed by atoms with Crippen LogP contribution >= 0.6 is 11.8 Å². The number of H-pyrrole nitrogens is 1. The highest BCUT2D eigenvalue weighted by atomic mass is 32.2. The van der Waals surface area contributed by atoms with Gasteiger partial charge in [0.2, 0.25) is 11.1 Å². The van der Waals surface area contributed by atoms with Gasteiger partial charge >= 0.3 is 12.1 Å². The number of aromatic amines is 1. The molecule has 1 amide bonds. The first-order valence-corrected chi connectivity index (χ1v) is 9.07. The molecule has 0 radical (unpaired) electrons. The minimum atomic E-state index is -5.08. The van der Waals surface area contributed by atoms with Crippen LogP contribution in [0.4, 0.5) is 13.2 Å². The highest BCUT2D eigenvalue weighted by Gasteiger charge is 2.38. The van der Waals surface area contributed by atoms with Crippen molar-refractivity contribution in [2.24, 2.45) is 0 Å². The molecule has 3 rings (SSSR count). The molecule has 0 aliphatic heterocycles. The molecule has 3 N–H and O–H groups in total. The fourth-order valence-electron chi connectivity index (χ4n) is 2.04. The molecule has 0 aromatic carbocycles. The number of hydrogen-bond donors (Lipinski definition) is 3. The number of carbonyl (C=O) groups excluding carboxylic acids is 1. The summed E-state index contributed by atoms with van der Waals surface area (Å²) >= 11 is 1.30. The Morgan fingerprint density at radius 3 is 2.52 bits per heavy atom. The summed E-state index contributed by atoms with van der Waals surface area (Å²) in [6.07, 6.45) is -3.14. The molecule has 3 aromatic heterocycles. The fraction of sp³-hybridized carbons (Fsp3) is 0.312. The van der Waals surface area contributed by atoms with E-state index in [0.29, 0.717) is 11.7 Å². The predicted octanol–water partition coefficient (Wildman–Crippen LogP) is 2.11. The Morgan fingerprint density at radius 1 is 1.28 bits per heavy atom. The molecule has 3 heterocycles. The first-order valence-electron chi connectivity index (χ1n) is 8.08. The number of hydrogen-bond acceptors (Lipinski definition) is 6. The molecular weight excluding hydrogens is 413 g/mol. The smallest absolute Gasteiger partial charge is 0.475 e. The molecule has 9 nitrogen and oxygen atoms in total. The summed E-state index contributed by atoms with van der Waals surface area (Å²) in [6, 6.07) is 5.93. The number of nitrogens with one attached hydrogen (secondary N) is 2. The summed E-state index contributed by atoms with van der Waals surface area (Å²) in [7, 11) is 0. The van der Waals surface area contributed by atoms with Crippen LogP contribution in [0, 0.1) is 13.8 Å². The zero-order valence-corrected chi connectivity index (χ0v) is 16.1. The van der Waals surface area contributed by atoms with E-state index < -0.39 is 12.1 Å². The number of imidazole rings is 1. The van der Waals surface area contributed by atoms with Gasteiger partial charge in [-0.25, -0.2) is 14.8 Å². The van der Waals surface area contributed by atoms with Gasteiger partial charge in [0, 0.05) is 11.9 Å². The van der Waals surface area contributed by atoms with Gasteiger partial charge < -0.3 is 14.8 Å². The van der Waals surface area contributed by atoms with Crippen LogP contribution in [0.15, 0.2) is 29.6 Å². The van der Waals surface area contributed by atoms with Crippen molar-refractivity contribution in [3.63, 3.8) is 0 Å². The first kappa shape index (κ1) is 22.2. The van der Waals surface area contributed by atoms with Crippen LogP contribution in [-0.2, 0) is 16.1 Å². The third-order valence-electron chi connectivity index (χ3n) is 3.36. The molecule has 0 saturated carbocycles. The van der Waals surface area contributed by atoms with Crippen molar-refractivity contribution in [1.29, 1.82) is 0 Å². The molecule has 13 heteroatoms.